The van der Waals surface area contributed by atoms with Crippen molar-refractivity contribution in [2.24, 2.45) is 5.84 Å². The molecule has 0 bridgehead atoms. The first-order valence-electron chi connectivity index (χ1n) is 6.77. The summed E-state index contributed by atoms with van der Waals surface area (Å²) in [4.78, 5) is -0.0913. The van der Waals surface area contributed by atoms with Crippen LogP contribution in [0, 0.1) is 0 Å². The first-order valence-corrected chi connectivity index (χ1v) is 10.0. The molecule has 10 heteroatoms. The van der Waals surface area contributed by atoms with Gasteiger partial charge in [-0.3, -0.25) is 10.4 Å². The number of hydrogen-bond donors (Lipinski definition) is 4. The van der Waals surface area contributed by atoms with Crippen LogP contribution in [0.2, 0.25) is 0 Å². The Hall–Kier alpha value is -2.14. The summed E-state index contributed by atoms with van der Waals surface area (Å²) in [6.07, 6.45) is 0. The Morgan fingerprint density at radius 1 is 0.958 bits per heavy atom. The molecular formula is C14H17N3O5S2. The van der Waals surface area contributed by atoms with Crippen LogP contribution in [0.3, 0.4) is 0 Å². The molecule has 130 valence electrons. The average molecular weight is 371 g/mol. The van der Waals surface area contributed by atoms with Gasteiger partial charge in [-0.2, -0.15) is 8.42 Å². The summed E-state index contributed by atoms with van der Waals surface area (Å²) in [7, 11) is -8.38. The minimum absolute atomic E-state index is 0.0913. The van der Waals surface area contributed by atoms with Gasteiger partial charge in [0.2, 0.25) is 0 Å². The molecule has 8 nitrogen and oxygen atoms in total. The van der Waals surface area contributed by atoms with E-state index >= 15 is 0 Å². The normalized spacial score (nSPS) is 12.1. The van der Waals surface area contributed by atoms with Crippen molar-refractivity contribution in [3.63, 3.8) is 0 Å². The zero-order valence-electron chi connectivity index (χ0n) is 12.5. The predicted molar refractivity (Wildman–Crippen MR) is 92.6 cm³/mol. The van der Waals surface area contributed by atoms with Gasteiger partial charge < -0.3 is 11.2 Å². The van der Waals surface area contributed by atoms with Crippen molar-refractivity contribution in [2.45, 2.75) is 4.90 Å². The summed E-state index contributed by atoms with van der Waals surface area (Å²) in [5, 5.41) is 0. The van der Waals surface area contributed by atoms with Gasteiger partial charge in [0.25, 0.3) is 10.1 Å². The molecule has 0 unspecified atom stereocenters. The number of hydrogen-bond acceptors (Lipinski definition) is 7. The fourth-order valence-corrected chi connectivity index (χ4v) is 4.86. The highest BCUT2D eigenvalue weighted by molar-refractivity contribution is 7.93. The van der Waals surface area contributed by atoms with E-state index in [4.69, 9.17) is 16.1 Å². The zero-order chi connectivity index (χ0) is 18.0. The monoisotopic (exact) mass is 371 g/mol. The van der Waals surface area contributed by atoms with E-state index in [1.165, 1.54) is 6.07 Å². The van der Waals surface area contributed by atoms with E-state index in [1.807, 2.05) is 0 Å². The Morgan fingerprint density at radius 3 is 2.12 bits per heavy atom. The largest absolute Gasteiger partial charge is 0.399 e. The molecule has 0 fully saturated rings. The quantitative estimate of drug-likeness (QED) is 0.253. The van der Waals surface area contributed by atoms with Crippen LogP contribution in [0.25, 0.3) is 11.1 Å². The number of anilines is 2. The van der Waals surface area contributed by atoms with Crippen molar-refractivity contribution in [2.75, 3.05) is 22.7 Å². The topological polar surface area (TPSA) is 153 Å². The molecule has 0 saturated carbocycles. The molecule has 0 radical (unpaired) electrons. The zero-order valence-corrected chi connectivity index (χ0v) is 14.1. The van der Waals surface area contributed by atoms with Crippen LogP contribution in [-0.4, -0.2) is 32.9 Å². The van der Waals surface area contributed by atoms with E-state index in [9.17, 15) is 16.8 Å². The third-order valence-electron chi connectivity index (χ3n) is 3.32. The van der Waals surface area contributed by atoms with E-state index < -0.39 is 31.5 Å². The SMILES string of the molecule is NNc1ccc(-c2ccc(N)cc2)c(S(=O)(=O)CCS(=O)(=O)O)c1. The number of hydrazine groups is 1. The van der Waals surface area contributed by atoms with Crippen LogP contribution in [0.15, 0.2) is 47.4 Å². The van der Waals surface area contributed by atoms with Gasteiger partial charge in [-0.15, -0.1) is 0 Å². The maximum absolute atomic E-state index is 12.5. The Labute approximate surface area is 140 Å². The van der Waals surface area contributed by atoms with Crippen LogP contribution < -0.4 is 17.0 Å². The highest BCUT2D eigenvalue weighted by Crippen LogP contribution is 2.31. The second kappa shape index (κ2) is 6.77. The summed E-state index contributed by atoms with van der Waals surface area (Å²) in [6.45, 7) is 0. The number of sulfone groups is 1. The van der Waals surface area contributed by atoms with Gasteiger partial charge >= 0.3 is 0 Å². The van der Waals surface area contributed by atoms with Gasteiger partial charge in [-0.25, -0.2) is 8.42 Å². The fourth-order valence-electron chi connectivity index (χ4n) is 2.10. The first-order chi connectivity index (χ1) is 11.1. The number of benzene rings is 2. The minimum Gasteiger partial charge on any atom is -0.399 e. The van der Waals surface area contributed by atoms with E-state index in [2.05, 4.69) is 5.43 Å². The van der Waals surface area contributed by atoms with Gasteiger partial charge in [0, 0.05) is 16.9 Å². The minimum atomic E-state index is -4.40. The van der Waals surface area contributed by atoms with Crippen LogP contribution in [0.4, 0.5) is 11.4 Å². The average Bonchev–Trinajstić information content (AvgIpc) is 2.53. The molecule has 0 aromatic heterocycles. The molecule has 0 aliphatic heterocycles. The third-order valence-corrected chi connectivity index (χ3v) is 6.04. The Morgan fingerprint density at radius 2 is 1.58 bits per heavy atom. The summed E-state index contributed by atoms with van der Waals surface area (Å²) < 4.78 is 55.6. The van der Waals surface area contributed by atoms with E-state index in [-0.39, 0.29) is 4.90 Å². The van der Waals surface area contributed by atoms with Crippen molar-refractivity contribution in [1.82, 2.24) is 0 Å². The summed E-state index contributed by atoms with van der Waals surface area (Å²) in [5.74, 6) is 3.68. The first kappa shape index (κ1) is 18.2. The van der Waals surface area contributed by atoms with Crippen LogP contribution in [-0.2, 0) is 20.0 Å². The Kier molecular flexibility index (Phi) is 5.13. The third kappa shape index (κ3) is 4.45. The highest BCUT2D eigenvalue weighted by Gasteiger charge is 2.22. The molecule has 0 heterocycles. The molecule has 0 aliphatic rings. The van der Waals surface area contributed by atoms with Crippen molar-refractivity contribution in [3.05, 3.63) is 42.5 Å². The van der Waals surface area contributed by atoms with Crippen molar-refractivity contribution in [3.8, 4) is 11.1 Å². The van der Waals surface area contributed by atoms with Crippen molar-refractivity contribution < 1.29 is 21.4 Å². The van der Waals surface area contributed by atoms with Gasteiger partial charge in [-0.05, 0) is 29.8 Å². The molecule has 0 spiro atoms. The van der Waals surface area contributed by atoms with E-state index in [1.54, 1.807) is 36.4 Å². The molecule has 0 atom stereocenters. The Bertz CT molecular complexity index is 939. The molecule has 6 N–H and O–H groups in total. The number of rotatable bonds is 6. The van der Waals surface area contributed by atoms with Gasteiger partial charge in [0.15, 0.2) is 9.84 Å². The van der Waals surface area contributed by atoms with Gasteiger partial charge in [0.1, 0.15) is 0 Å². The lowest BCUT2D eigenvalue weighted by Crippen LogP contribution is -2.18. The molecule has 2 rings (SSSR count). The number of nitrogens with two attached hydrogens (primary N) is 2. The maximum Gasteiger partial charge on any atom is 0.265 e. The van der Waals surface area contributed by atoms with Crippen LogP contribution in [0.5, 0.6) is 0 Å². The van der Waals surface area contributed by atoms with E-state index in [0.29, 0.717) is 22.5 Å². The second-order valence-corrected chi connectivity index (χ2v) is 8.73. The number of nitrogen functional groups attached to an aromatic ring is 2. The second-order valence-electron chi connectivity index (χ2n) is 5.08. The lowest BCUT2D eigenvalue weighted by molar-refractivity contribution is 0.484. The lowest BCUT2D eigenvalue weighted by atomic mass is 10.0. The lowest BCUT2D eigenvalue weighted by Gasteiger charge is -2.13. The fraction of sp³-hybridized carbons (Fsp3) is 0.143. The maximum atomic E-state index is 12.5. The molecule has 2 aromatic rings. The summed E-state index contributed by atoms with van der Waals surface area (Å²) in [5.41, 5.74) is 9.82. The molecule has 0 saturated heterocycles. The molecule has 2 aromatic carbocycles. The Balaban J connectivity index is 2.56. The molecular weight excluding hydrogens is 354 g/mol. The van der Waals surface area contributed by atoms with Crippen molar-refractivity contribution in [1.29, 1.82) is 0 Å². The summed E-state index contributed by atoms with van der Waals surface area (Å²) >= 11 is 0. The molecule has 0 amide bonds. The smallest absolute Gasteiger partial charge is 0.265 e. The van der Waals surface area contributed by atoms with Crippen LogP contribution >= 0.6 is 0 Å². The molecule has 24 heavy (non-hydrogen) atoms. The van der Waals surface area contributed by atoms with Gasteiger partial charge in [-0.1, -0.05) is 18.2 Å². The number of nitrogens with one attached hydrogen (secondary N) is 1. The van der Waals surface area contributed by atoms with E-state index in [0.717, 1.165) is 0 Å². The predicted octanol–water partition coefficient (Wildman–Crippen LogP) is 0.883. The summed E-state index contributed by atoms with van der Waals surface area (Å²) in [6, 6.07) is 11.0. The van der Waals surface area contributed by atoms with Crippen molar-refractivity contribution >= 4 is 31.3 Å². The van der Waals surface area contributed by atoms with Crippen LogP contribution in [0.1, 0.15) is 0 Å². The standard InChI is InChI=1S/C14H17N3O5S2/c15-11-3-1-10(2-4-11)13-6-5-12(17-16)9-14(13)23(18,19)7-8-24(20,21)22/h1-6,9,17H,7-8,15-16H2,(H,20,21,22). The van der Waals surface area contributed by atoms with Gasteiger partial charge in [0.05, 0.1) is 16.4 Å². The highest BCUT2D eigenvalue weighted by atomic mass is 32.2. The molecule has 0 aliphatic carbocycles.